The fourth-order valence-corrected chi connectivity index (χ4v) is 2.91. The first-order valence-electron chi connectivity index (χ1n) is 6.44. The second-order valence-corrected chi connectivity index (χ2v) is 5.80. The summed E-state index contributed by atoms with van der Waals surface area (Å²) in [4.78, 5) is 25.8. The molecule has 2 amide bonds. The number of aliphatic hydroxyl groups excluding tert-OH is 1. The lowest BCUT2D eigenvalue weighted by Gasteiger charge is -2.16. The van der Waals surface area contributed by atoms with Gasteiger partial charge in [-0.15, -0.1) is 0 Å². The van der Waals surface area contributed by atoms with E-state index in [9.17, 15) is 14.7 Å². The third kappa shape index (κ3) is 3.02. The molecule has 1 aromatic rings. The number of rotatable bonds is 3. The van der Waals surface area contributed by atoms with Crippen LogP contribution in [0.15, 0.2) is 28.7 Å². The molecule has 2 rings (SSSR count). The van der Waals surface area contributed by atoms with E-state index in [0.29, 0.717) is 18.7 Å². The Kier molecular flexibility index (Phi) is 4.77. The maximum atomic E-state index is 12.4. The molecule has 0 bridgehead atoms. The first-order valence-corrected chi connectivity index (χ1v) is 7.23. The summed E-state index contributed by atoms with van der Waals surface area (Å²) in [5.41, 5.74) is 0.577. The Morgan fingerprint density at radius 3 is 2.80 bits per heavy atom. The normalized spacial score (nSPS) is 21.9. The monoisotopic (exact) mass is 340 g/mol. The van der Waals surface area contributed by atoms with Crippen LogP contribution in [0.5, 0.6) is 0 Å². The molecule has 0 aromatic heterocycles. The number of likely N-dealkylation sites (tertiary alicyclic amines) is 1. The Bertz CT molecular complexity index is 521. The number of halogens is 1. The van der Waals surface area contributed by atoms with E-state index in [1.165, 1.54) is 0 Å². The van der Waals surface area contributed by atoms with Gasteiger partial charge >= 0.3 is 0 Å². The van der Waals surface area contributed by atoms with Crippen molar-refractivity contribution in [3.05, 3.63) is 34.3 Å². The Balaban J connectivity index is 2.14. The minimum Gasteiger partial charge on any atom is -0.396 e. The summed E-state index contributed by atoms with van der Waals surface area (Å²) >= 11 is 3.34. The van der Waals surface area contributed by atoms with Gasteiger partial charge in [0, 0.05) is 42.7 Å². The average Bonchev–Trinajstić information content (AvgIpc) is 2.89. The quantitative estimate of drug-likeness (QED) is 0.857. The number of nitrogens with zero attached hydrogens (tertiary/aromatic N) is 1. The van der Waals surface area contributed by atoms with Gasteiger partial charge in [0.1, 0.15) is 0 Å². The average molecular weight is 341 g/mol. The third-order valence-electron chi connectivity index (χ3n) is 3.62. The Hall–Kier alpha value is -1.40. The van der Waals surface area contributed by atoms with Crippen LogP contribution >= 0.6 is 15.9 Å². The van der Waals surface area contributed by atoms with Crippen LogP contribution in [0.25, 0.3) is 0 Å². The molecule has 1 aliphatic rings. The van der Waals surface area contributed by atoms with Gasteiger partial charge in [-0.3, -0.25) is 9.59 Å². The lowest BCUT2D eigenvalue weighted by Crippen LogP contribution is -2.34. The van der Waals surface area contributed by atoms with E-state index in [0.717, 1.165) is 4.47 Å². The van der Waals surface area contributed by atoms with E-state index in [1.54, 1.807) is 30.1 Å². The first kappa shape index (κ1) is 15.0. The van der Waals surface area contributed by atoms with Crippen molar-refractivity contribution >= 4 is 27.7 Å². The third-order valence-corrected chi connectivity index (χ3v) is 4.11. The zero-order chi connectivity index (χ0) is 14.7. The van der Waals surface area contributed by atoms with Crippen molar-refractivity contribution in [1.82, 2.24) is 10.2 Å². The van der Waals surface area contributed by atoms with E-state index in [1.807, 2.05) is 6.07 Å². The summed E-state index contributed by atoms with van der Waals surface area (Å²) in [5.74, 6) is -0.795. The van der Waals surface area contributed by atoms with Crippen LogP contribution in [-0.4, -0.2) is 48.6 Å². The van der Waals surface area contributed by atoms with Gasteiger partial charge in [-0.1, -0.05) is 22.0 Å². The summed E-state index contributed by atoms with van der Waals surface area (Å²) in [6.07, 6.45) is 0. The number of hydrogen-bond donors (Lipinski definition) is 2. The molecule has 1 aliphatic heterocycles. The second-order valence-electron chi connectivity index (χ2n) is 4.88. The standard InChI is InChI=1S/C14H17BrN2O3/c1-16-13(19)12-7-17(6-10(12)8-18)14(20)9-3-2-4-11(15)5-9/h2-5,10,12,18H,6-8H2,1H3,(H,16,19)/t10-,12+/m0/s1. The number of carbonyl (C=O) groups excluding carboxylic acids is 2. The Labute approximate surface area is 126 Å². The molecular formula is C14H17BrN2O3. The zero-order valence-electron chi connectivity index (χ0n) is 11.2. The molecule has 5 nitrogen and oxygen atoms in total. The van der Waals surface area contributed by atoms with Crippen LogP contribution in [0.3, 0.4) is 0 Å². The molecule has 1 heterocycles. The minimum atomic E-state index is -0.346. The van der Waals surface area contributed by atoms with E-state index in [-0.39, 0.29) is 30.3 Å². The van der Waals surface area contributed by atoms with E-state index in [4.69, 9.17) is 0 Å². The second kappa shape index (κ2) is 6.37. The predicted molar refractivity (Wildman–Crippen MR) is 78.2 cm³/mol. The van der Waals surface area contributed by atoms with Crippen molar-refractivity contribution in [2.24, 2.45) is 11.8 Å². The summed E-state index contributed by atoms with van der Waals surface area (Å²) in [6.45, 7) is 0.649. The number of amides is 2. The van der Waals surface area contributed by atoms with Gasteiger partial charge in [0.2, 0.25) is 5.91 Å². The summed E-state index contributed by atoms with van der Waals surface area (Å²) in [6, 6.07) is 7.15. The highest BCUT2D eigenvalue weighted by atomic mass is 79.9. The Morgan fingerprint density at radius 2 is 2.20 bits per heavy atom. The number of hydrogen-bond acceptors (Lipinski definition) is 3. The number of nitrogens with one attached hydrogen (secondary N) is 1. The summed E-state index contributed by atoms with van der Waals surface area (Å²) < 4.78 is 0.837. The lowest BCUT2D eigenvalue weighted by molar-refractivity contribution is -0.125. The molecule has 0 saturated carbocycles. The molecule has 0 aliphatic carbocycles. The predicted octanol–water partition coefficient (Wildman–Crippen LogP) is 0.876. The maximum absolute atomic E-state index is 12.4. The van der Waals surface area contributed by atoms with E-state index in [2.05, 4.69) is 21.2 Å². The molecule has 1 fully saturated rings. The Morgan fingerprint density at radius 1 is 1.45 bits per heavy atom. The van der Waals surface area contributed by atoms with Gasteiger partial charge in [0.25, 0.3) is 5.91 Å². The van der Waals surface area contributed by atoms with Crippen molar-refractivity contribution in [2.75, 3.05) is 26.7 Å². The van der Waals surface area contributed by atoms with Gasteiger partial charge in [-0.25, -0.2) is 0 Å². The molecule has 1 aromatic carbocycles. The maximum Gasteiger partial charge on any atom is 0.253 e. The minimum absolute atomic E-state index is 0.0969. The van der Waals surface area contributed by atoms with Crippen LogP contribution in [-0.2, 0) is 4.79 Å². The van der Waals surface area contributed by atoms with Crippen LogP contribution < -0.4 is 5.32 Å². The van der Waals surface area contributed by atoms with Crippen molar-refractivity contribution in [3.8, 4) is 0 Å². The highest BCUT2D eigenvalue weighted by Crippen LogP contribution is 2.25. The SMILES string of the molecule is CNC(=O)[C@@H]1CN(C(=O)c2cccc(Br)c2)C[C@H]1CO. The summed E-state index contributed by atoms with van der Waals surface area (Å²) in [5, 5.41) is 12.0. The van der Waals surface area contributed by atoms with Crippen LogP contribution in [0.1, 0.15) is 10.4 Å². The molecular weight excluding hydrogens is 324 g/mol. The molecule has 6 heteroatoms. The molecule has 1 saturated heterocycles. The van der Waals surface area contributed by atoms with Gasteiger partial charge in [0.15, 0.2) is 0 Å². The first-order chi connectivity index (χ1) is 9.56. The molecule has 0 spiro atoms. The highest BCUT2D eigenvalue weighted by Gasteiger charge is 2.38. The summed E-state index contributed by atoms with van der Waals surface area (Å²) in [7, 11) is 1.57. The zero-order valence-corrected chi connectivity index (χ0v) is 12.8. The van der Waals surface area contributed by atoms with Crippen molar-refractivity contribution in [1.29, 1.82) is 0 Å². The lowest BCUT2D eigenvalue weighted by atomic mass is 9.96. The molecule has 0 radical (unpaired) electrons. The number of carbonyl (C=O) groups is 2. The van der Waals surface area contributed by atoms with Gasteiger partial charge in [-0.2, -0.15) is 0 Å². The molecule has 2 atom stereocenters. The van der Waals surface area contributed by atoms with Crippen molar-refractivity contribution < 1.29 is 14.7 Å². The van der Waals surface area contributed by atoms with Crippen molar-refractivity contribution in [3.63, 3.8) is 0 Å². The van der Waals surface area contributed by atoms with Gasteiger partial charge in [0.05, 0.1) is 5.92 Å². The molecule has 0 unspecified atom stereocenters. The highest BCUT2D eigenvalue weighted by molar-refractivity contribution is 9.10. The van der Waals surface area contributed by atoms with Crippen LogP contribution in [0.2, 0.25) is 0 Å². The van der Waals surface area contributed by atoms with Gasteiger partial charge < -0.3 is 15.3 Å². The molecule has 20 heavy (non-hydrogen) atoms. The van der Waals surface area contributed by atoms with E-state index >= 15 is 0 Å². The smallest absolute Gasteiger partial charge is 0.253 e. The number of aliphatic hydroxyl groups is 1. The molecule has 108 valence electrons. The van der Waals surface area contributed by atoms with Crippen LogP contribution in [0.4, 0.5) is 0 Å². The van der Waals surface area contributed by atoms with Crippen molar-refractivity contribution in [2.45, 2.75) is 0 Å². The van der Waals surface area contributed by atoms with Crippen LogP contribution in [0, 0.1) is 11.8 Å². The fourth-order valence-electron chi connectivity index (χ4n) is 2.51. The number of benzene rings is 1. The van der Waals surface area contributed by atoms with Gasteiger partial charge in [-0.05, 0) is 18.2 Å². The van der Waals surface area contributed by atoms with E-state index < -0.39 is 0 Å². The largest absolute Gasteiger partial charge is 0.396 e. The fraction of sp³-hybridized carbons (Fsp3) is 0.429. The topological polar surface area (TPSA) is 69.6 Å². The molecule has 2 N–H and O–H groups in total.